The van der Waals surface area contributed by atoms with Crippen LogP contribution in [0.25, 0.3) is 0 Å². The predicted octanol–water partition coefficient (Wildman–Crippen LogP) is 4.66. The number of benzene rings is 2. The molecular formula is C22H21F5N2O2. The predicted molar refractivity (Wildman–Crippen MR) is 103 cm³/mol. The van der Waals surface area contributed by atoms with E-state index >= 15 is 0 Å². The second-order valence-corrected chi connectivity index (χ2v) is 7.61. The van der Waals surface area contributed by atoms with E-state index in [0.717, 1.165) is 43.5 Å². The van der Waals surface area contributed by atoms with Crippen LogP contribution in [-0.2, 0) is 11.0 Å². The van der Waals surface area contributed by atoms with Gasteiger partial charge in [-0.1, -0.05) is 31.4 Å². The van der Waals surface area contributed by atoms with Crippen LogP contribution in [0, 0.1) is 11.6 Å². The van der Waals surface area contributed by atoms with Crippen molar-refractivity contribution in [2.75, 3.05) is 0 Å². The Balaban J connectivity index is 2.13. The Bertz CT molecular complexity index is 984. The number of alkyl halides is 3. The molecule has 1 fully saturated rings. The summed E-state index contributed by atoms with van der Waals surface area (Å²) in [5.41, 5.74) is 2.48. The SMILES string of the molecule is NC(=O)c1ccc(C(C(=O)NC2CCCCC2)c2ccc(F)cc2F)c(C(F)(F)F)c1. The van der Waals surface area contributed by atoms with Crippen molar-refractivity contribution < 1.29 is 31.5 Å². The fraction of sp³-hybridized carbons (Fsp3) is 0.364. The first-order valence-corrected chi connectivity index (χ1v) is 9.84. The third kappa shape index (κ3) is 5.21. The van der Waals surface area contributed by atoms with E-state index in [4.69, 9.17) is 5.73 Å². The van der Waals surface area contributed by atoms with Gasteiger partial charge < -0.3 is 11.1 Å². The zero-order valence-electron chi connectivity index (χ0n) is 16.4. The Hall–Kier alpha value is -2.97. The third-order valence-electron chi connectivity index (χ3n) is 5.44. The third-order valence-corrected chi connectivity index (χ3v) is 5.44. The minimum atomic E-state index is -4.94. The van der Waals surface area contributed by atoms with Crippen molar-refractivity contribution in [2.24, 2.45) is 5.73 Å². The molecule has 1 atom stereocenters. The highest BCUT2D eigenvalue weighted by Gasteiger charge is 2.39. The lowest BCUT2D eigenvalue weighted by Gasteiger charge is -2.27. The van der Waals surface area contributed by atoms with Gasteiger partial charge in [0.25, 0.3) is 0 Å². The summed E-state index contributed by atoms with van der Waals surface area (Å²) in [6.45, 7) is 0. The van der Waals surface area contributed by atoms with E-state index in [1.54, 1.807) is 0 Å². The van der Waals surface area contributed by atoms with Crippen molar-refractivity contribution in [3.8, 4) is 0 Å². The zero-order valence-corrected chi connectivity index (χ0v) is 16.4. The fourth-order valence-electron chi connectivity index (χ4n) is 3.92. The fourth-order valence-corrected chi connectivity index (χ4v) is 3.92. The summed E-state index contributed by atoms with van der Waals surface area (Å²) in [6.07, 6.45) is -0.896. The molecule has 166 valence electrons. The molecule has 4 nitrogen and oxygen atoms in total. The molecule has 1 aliphatic carbocycles. The molecule has 31 heavy (non-hydrogen) atoms. The number of rotatable bonds is 5. The zero-order chi connectivity index (χ0) is 22.8. The second kappa shape index (κ2) is 9.03. The Morgan fingerprint density at radius 1 is 0.968 bits per heavy atom. The highest BCUT2D eigenvalue weighted by Crippen LogP contribution is 2.39. The average Bonchev–Trinajstić information content (AvgIpc) is 2.70. The molecule has 3 rings (SSSR count). The first kappa shape index (κ1) is 22.7. The van der Waals surface area contributed by atoms with Crippen molar-refractivity contribution in [1.82, 2.24) is 5.32 Å². The summed E-state index contributed by atoms with van der Waals surface area (Å²) >= 11 is 0. The van der Waals surface area contributed by atoms with Crippen LogP contribution in [0.1, 0.15) is 65.1 Å². The van der Waals surface area contributed by atoms with Crippen LogP contribution in [0.15, 0.2) is 36.4 Å². The molecule has 0 radical (unpaired) electrons. The number of nitrogens with two attached hydrogens (primary N) is 1. The summed E-state index contributed by atoms with van der Waals surface area (Å²) in [6, 6.07) is 4.64. The van der Waals surface area contributed by atoms with E-state index in [2.05, 4.69) is 5.32 Å². The molecule has 1 saturated carbocycles. The molecule has 1 aliphatic rings. The van der Waals surface area contributed by atoms with Gasteiger partial charge in [0.1, 0.15) is 11.6 Å². The number of carbonyl (C=O) groups is 2. The molecule has 0 bridgehead atoms. The number of amides is 2. The number of hydrogen-bond acceptors (Lipinski definition) is 2. The maximum absolute atomic E-state index is 14.6. The Morgan fingerprint density at radius 2 is 1.61 bits per heavy atom. The van der Waals surface area contributed by atoms with E-state index in [1.807, 2.05) is 0 Å². The molecule has 9 heteroatoms. The lowest BCUT2D eigenvalue weighted by Crippen LogP contribution is -2.40. The van der Waals surface area contributed by atoms with Gasteiger partial charge in [-0.15, -0.1) is 0 Å². The molecule has 3 N–H and O–H groups in total. The second-order valence-electron chi connectivity index (χ2n) is 7.61. The molecular weight excluding hydrogens is 419 g/mol. The van der Waals surface area contributed by atoms with Crippen LogP contribution < -0.4 is 11.1 Å². The van der Waals surface area contributed by atoms with Gasteiger partial charge in [-0.05, 0) is 36.6 Å². The minimum Gasteiger partial charge on any atom is -0.366 e. The van der Waals surface area contributed by atoms with E-state index in [9.17, 15) is 31.5 Å². The molecule has 2 amide bonds. The molecule has 0 aliphatic heterocycles. The summed E-state index contributed by atoms with van der Waals surface area (Å²) in [5, 5.41) is 2.72. The smallest absolute Gasteiger partial charge is 0.366 e. The molecule has 0 spiro atoms. The number of primary amides is 1. The van der Waals surface area contributed by atoms with Crippen LogP contribution in [0.3, 0.4) is 0 Å². The lowest BCUT2D eigenvalue weighted by atomic mass is 9.85. The summed E-state index contributed by atoms with van der Waals surface area (Å²) in [4.78, 5) is 24.5. The monoisotopic (exact) mass is 440 g/mol. The summed E-state index contributed by atoms with van der Waals surface area (Å²) < 4.78 is 69.5. The highest BCUT2D eigenvalue weighted by molar-refractivity contribution is 5.94. The number of nitrogens with one attached hydrogen (secondary N) is 1. The van der Waals surface area contributed by atoms with Crippen LogP contribution in [0.2, 0.25) is 0 Å². The minimum absolute atomic E-state index is 0.244. The van der Waals surface area contributed by atoms with Crippen molar-refractivity contribution >= 4 is 11.8 Å². The Morgan fingerprint density at radius 3 is 2.19 bits per heavy atom. The van der Waals surface area contributed by atoms with Gasteiger partial charge in [0, 0.05) is 23.2 Å². The number of carbonyl (C=O) groups excluding carboxylic acids is 2. The molecule has 2 aromatic rings. The van der Waals surface area contributed by atoms with Crippen molar-refractivity contribution in [1.29, 1.82) is 0 Å². The van der Waals surface area contributed by atoms with Gasteiger partial charge in [-0.2, -0.15) is 13.2 Å². The van der Waals surface area contributed by atoms with Crippen LogP contribution in [0.4, 0.5) is 22.0 Å². The average molecular weight is 440 g/mol. The molecule has 0 heterocycles. The Labute approximate surface area is 175 Å². The molecule has 1 unspecified atom stereocenters. The normalized spacial score (nSPS) is 16.0. The van der Waals surface area contributed by atoms with Gasteiger partial charge in [-0.25, -0.2) is 8.78 Å². The maximum atomic E-state index is 14.6. The number of hydrogen-bond donors (Lipinski definition) is 2. The first-order chi connectivity index (χ1) is 14.6. The summed E-state index contributed by atoms with van der Waals surface area (Å²) in [5.74, 6) is -5.66. The van der Waals surface area contributed by atoms with Crippen LogP contribution >= 0.6 is 0 Å². The van der Waals surface area contributed by atoms with E-state index in [0.29, 0.717) is 25.0 Å². The molecule has 0 aromatic heterocycles. The van der Waals surface area contributed by atoms with Gasteiger partial charge in [-0.3, -0.25) is 9.59 Å². The van der Waals surface area contributed by atoms with Gasteiger partial charge in [0.2, 0.25) is 11.8 Å². The topological polar surface area (TPSA) is 72.2 Å². The van der Waals surface area contributed by atoms with E-state index in [1.165, 1.54) is 0 Å². The largest absolute Gasteiger partial charge is 0.416 e. The van der Waals surface area contributed by atoms with Crippen LogP contribution in [0.5, 0.6) is 0 Å². The highest BCUT2D eigenvalue weighted by atomic mass is 19.4. The molecule has 0 saturated heterocycles. The Kier molecular flexibility index (Phi) is 6.62. The first-order valence-electron chi connectivity index (χ1n) is 9.84. The van der Waals surface area contributed by atoms with Crippen molar-refractivity contribution in [2.45, 2.75) is 50.2 Å². The number of halogens is 5. The van der Waals surface area contributed by atoms with E-state index < -0.39 is 57.8 Å². The van der Waals surface area contributed by atoms with Crippen molar-refractivity contribution in [3.05, 3.63) is 70.3 Å². The van der Waals surface area contributed by atoms with Gasteiger partial charge in [0.05, 0.1) is 11.5 Å². The van der Waals surface area contributed by atoms with Crippen molar-refractivity contribution in [3.63, 3.8) is 0 Å². The van der Waals surface area contributed by atoms with Gasteiger partial charge in [0.15, 0.2) is 0 Å². The standard InChI is InChI=1S/C22H21F5N2O2/c23-13-7-9-16(18(24)11-13)19(21(31)29-14-4-2-1-3-5-14)15-8-6-12(20(28)30)10-17(15)22(25,26)27/h6-11,14,19H,1-5H2,(H2,28,30)(H,29,31). The quantitative estimate of drug-likeness (QED) is 0.664. The van der Waals surface area contributed by atoms with Gasteiger partial charge >= 0.3 is 6.18 Å². The maximum Gasteiger partial charge on any atom is 0.416 e. The van der Waals surface area contributed by atoms with Crippen LogP contribution in [-0.4, -0.2) is 17.9 Å². The van der Waals surface area contributed by atoms with E-state index in [-0.39, 0.29) is 6.04 Å². The lowest BCUT2D eigenvalue weighted by molar-refractivity contribution is -0.138. The molecule has 2 aromatic carbocycles. The summed E-state index contributed by atoms with van der Waals surface area (Å²) in [7, 11) is 0.